The third-order valence-electron chi connectivity index (χ3n) is 15.0. The van der Waals surface area contributed by atoms with Crippen molar-refractivity contribution in [2.75, 3.05) is 35.5 Å². The molecular weight excluding hydrogens is 897 g/mol. The quantitative estimate of drug-likeness (QED) is 0.102. The third-order valence-corrected chi connectivity index (χ3v) is 15.0. The number of methoxy groups -OCH3 is 5. The SMILES string of the molecule is COc1cc(Cc2cc(OC)c(C)c(-c3cc(Cc4ccc(C)c(C)c4)cc(OC)c3C)c2)ccc1C.COc1cc(Cc2ccc(C)c(C)c2)cc(-c2cc(Cc3ccc(C)c(C)c3)cc(OC)c2C)c1C. The van der Waals surface area contributed by atoms with Crippen LogP contribution in [0, 0.1) is 76.2 Å². The fourth-order valence-corrected chi connectivity index (χ4v) is 10.0. The summed E-state index contributed by atoms with van der Waals surface area (Å²) in [5.41, 5.74) is 28.4. The molecule has 0 radical (unpaired) electrons. The van der Waals surface area contributed by atoms with E-state index in [1.54, 1.807) is 35.5 Å². The van der Waals surface area contributed by atoms with Gasteiger partial charge in [-0.2, -0.15) is 0 Å². The van der Waals surface area contributed by atoms with Crippen LogP contribution in [0.3, 0.4) is 0 Å². The molecule has 0 unspecified atom stereocenters. The summed E-state index contributed by atoms with van der Waals surface area (Å²) >= 11 is 0. The van der Waals surface area contributed by atoms with Gasteiger partial charge in [0.25, 0.3) is 0 Å². The Labute approximate surface area is 437 Å². The van der Waals surface area contributed by atoms with E-state index in [1.165, 1.54) is 100 Å². The first-order valence-electron chi connectivity index (χ1n) is 25.5. The number of rotatable bonds is 15. The predicted molar refractivity (Wildman–Crippen MR) is 306 cm³/mol. The first-order chi connectivity index (χ1) is 34.9. The molecule has 0 saturated carbocycles. The van der Waals surface area contributed by atoms with Crippen LogP contribution in [0.1, 0.15) is 106 Å². The fourth-order valence-electron chi connectivity index (χ4n) is 10.0. The van der Waals surface area contributed by atoms with Gasteiger partial charge in [0.05, 0.1) is 35.5 Å². The van der Waals surface area contributed by atoms with Crippen LogP contribution >= 0.6 is 0 Å². The molecule has 8 rings (SSSR count). The molecule has 0 spiro atoms. The summed E-state index contributed by atoms with van der Waals surface area (Å²) in [6.45, 7) is 23.6. The van der Waals surface area contributed by atoms with Gasteiger partial charge in [-0.15, -0.1) is 0 Å². The Morgan fingerprint density at radius 1 is 0.219 bits per heavy atom. The Kier molecular flexibility index (Phi) is 17.3. The topological polar surface area (TPSA) is 46.2 Å². The van der Waals surface area contributed by atoms with Crippen LogP contribution in [0.2, 0.25) is 0 Å². The Bertz CT molecular complexity index is 3170. The molecule has 0 saturated heterocycles. The van der Waals surface area contributed by atoms with Crippen molar-refractivity contribution in [3.63, 3.8) is 0 Å². The Morgan fingerprint density at radius 2 is 0.438 bits per heavy atom. The molecule has 0 amide bonds. The third kappa shape index (κ3) is 12.5. The lowest BCUT2D eigenvalue weighted by Gasteiger charge is -2.19. The fraction of sp³-hybridized carbons (Fsp3) is 0.294. The minimum atomic E-state index is 0.790. The summed E-state index contributed by atoms with van der Waals surface area (Å²) in [4.78, 5) is 0. The maximum Gasteiger partial charge on any atom is 0.122 e. The molecule has 0 aliphatic carbocycles. The van der Waals surface area contributed by atoms with Gasteiger partial charge in [-0.3, -0.25) is 0 Å². The van der Waals surface area contributed by atoms with Gasteiger partial charge in [-0.05, 0) is 260 Å². The molecule has 0 N–H and O–H groups in total. The minimum absolute atomic E-state index is 0.790. The second kappa shape index (κ2) is 23.5. The molecule has 0 bridgehead atoms. The molecule has 0 aromatic heterocycles. The minimum Gasteiger partial charge on any atom is -0.496 e. The smallest absolute Gasteiger partial charge is 0.122 e. The van der Waals surface area contributed by atoms with Crippen LogP contribution in [0.15, 0.2) is 121 Å². The monoisotopic (exact) mass is 973 g/mol. The molecule has 378 valence electrons. The van der Waals surface area contributed by atoms with Gasteiger partial charge in [-0.1, -0.05) is 91.0 Å². The summed E-state index contributed by atoms with van der Waals surface area (Å²) in [5.74, 6) is 4.55. The molecule has 0 aliphatic heterocycles. The highest BCUT2D eigenvalue weighted by molar-refractivity contribution is 5.78. The summed E-state index contributed by atoms with van der Waals surface area (Å²) in [6.07, 6.45) is 3.37. The van der Waals surface area contributed by atoms with Gasteiger partial charge < -0.3 is 23.7 Å². The first-order valence-corrected chi connectivity index (χ1v) is 25.5. The largest absolute Gasteiger partial charge is 0.496 e. The summed E-state index contributed by atoms with van der Waals surface area (Å²) in [5, 5.41) is 0. The molecule has 8 aromatic rings. The summed E-state index contributed by atoms with van der Waals surface area (Å²) < 4.78 is 28.9. The summed E-state index contributed by atoms with van der Waals surface area (Å²) in [7, 11) is 8.74. The molecule has 0 aliphatic rings. The molecule has 5 nitrogen and oxygen atoms in total. The lowest BCUT2D eigenvalue weighted by atomic mass is 9.89. The molecule has 73 heavy (non-hydrogen) atoms. The zero-order valence-corrected chi connectivity index (χ0v) is 46.4. The van der Waals surface area contributed by atoms with E-state index in [1.807, 2.05) is 0 Å². The van der Waals surface area contributed by atoms with Crippen molar-refractivity contribution in [2.45, 2.75) is 102 Å². The number of hydrogen-bond acceptors (Lipinski definition) is 5. The van der Waals surface area contributed by atoms with Crippen molar-refractivity contribution in [3.05, 3.63) is 227 Å². The molecule has 8 aromatic carbocycles. The van der Waals surface area contributed by atoms with E-state index in [0.29, 0.717) is 0 Å². The van der Waals surface area contributed by atoms with Crippen LogP contribution in [0.5, 0.6) is 28.7 Å². The highest BCUT2D eigenvalue weighted by Crippen LogP contribution is 2.41. The average Bonchev–Trinajstić information content (AvgIpc) is 3.37. The van der Waals surface area contributed by atoms with Crippen molar-refractivity contribution in [2.24, 2.45) is 0 Å². The van der Waals surface area contributed by atoms with Crippen LogP contribution in [-0.2, 0) is 25.7 Å². The van der Waals surface area contributed by atoms with E-state index in [2.05, 4.69) is 197 Å². The lowest BCUT2D eigenvalue weighted by molar-refractivity contribution is 0.410. The Morgan fingerprint density at radius 3 is 0.671 bits per heavy atom. The zero-order valence-electron chi connectivity index (χ0n) is 46.4. The number of hydrogen-bond donors (Lipinski definition) is 0. The van der Waals surface area contributed by atoms with Crippen molar-refractivity contribution >= 4 is 0 Å². The highest BCUT2D eigenvalue weighted by atomic mass is 16.5. The van der Waals surface area contributed by atoms with Gasteiger partial charge in [0, 0.05) is 0 Å². The highest BCUT2D eigenvalue weighted by Gasteiger charge is 2.19. The normalized spacial score (nSPS) is 11.0. The zero-order chi connectivity index (χ0) is 52.7. The molecular formula is C68H76O5. The molecule has 0 heterocycles. The van der Waals surface area contributed by atoms with Gasteiger partial charge in [0.1, 0.15) is 28.7 Å². The van der Waals surface area contributed by atoms with E-state index in [-0.39, 0.29) is 0 Å². The van der Waals surface area contributed by atoms with Gasteiger partial charge in [0.15, 0.2) is 0 Å². The predicted octanol–water partition coefficient (Wildman–Crippen LogP) is 16.5. The van der Waals surface area contributed by atoms with Crippen LogP contribution in [0.25, 0.3) is 22.3 Å². The number of ether oxygens (including phenoxy) is 5. The summed E-state index contributed by atoms with van der Waals surface area (Å²) in [6, 6.07) is 44.5. The van der Waals surface area contributed by atoms with Crippen molar-refractivity contribution in [1.29, 1.82) is 0 Å². The Hall–Kier alpha value is -7.24. The van der Waals surface area contributed by atoms with Gasteiger partial charge in [0.2, 0.25) is 0 Å². The van der Waals surface area contributed by atoms with Crippen molar-refractivity contribution < 1.29 is 23.7 Å². The van der Waals surface area contributed by atoms with Crippen molar-refractivity contribution in [1.82, 2.24) is 0 Å². The second-order valence-electron chi connectivity index (χ2n) is 20.1. The first kappa shape index (κ1) is 53.6. The van der Waals surface area contributed by atoms with E-state index in [4.69, 9.17) is 23.7 Å². The van der Waals surface area contributed by atoms with Crippen LogP contribution < -0.4 is 23.7 Å². The van der Waals surface area contributed by atoms with Gasteiger partial charge >= 0.3 is 0 Å². The van der Waals surface area contributed by atoms with Crippen LogP contribution in [0.4, 0.5) is 0 Å². The van der Waals surface area contributed by atoms with Gasteiger partial charge in [-0.25, -0.2) is 0 Å². The maximum atomic E-state index is 5.84. The molecule has 0 atom stereocenters. The number of aryl methyl sites for hydroxylation is 7. The van der Waals surface area contributed by atoms with E-state index < -0.39 is 0 Å². The lowest BCUT2D eigenvalue weighted by Crippen LogP contribution is -2.00. The van der Waals surface area contributed by atoms with E-state index in [0.717, 1.165) is 82.2 Å². The van der Waals surface area contributed by atoms with E-state index in [9.17, 15) is 0 Å². The maximum absolute atomic E-state index is 5.84. The van der Waals surface area contributed by atoms with E-state index >= 15 is 0 Å². The molecule has 5 heteroatoms. The van der Waals surface area contributed by atoms with Crippen LogP contribution in [-0.4, -0.2) is 35.5 Å². The molecule has 0 fully saturated rings. The number of benzene rings is 8. The van der Waals surface area contributed by atoms with Crippen molar-refractivity contribution in [3.8, 4) is 51.0 Å². The second-order valence-corrected chi connectivity index (χ2v) is 20.1. The standard InChI is InChI=1S/C34H38O3.C34H38O2/c1-21-9-11-26(13-23(21)3)14-28-16-30(24(4)33(19-28)36-7)31-17-29(20-34(37-8)25(31)5)15-27-12-10-22(2)32(18-27)35-6;1-21-9-11-27(13-23(21)3)15-29-17-31(25(5)33(19-29)35-7)32-18-30(20-34(36-8)26(32)6)16-28-12-10-22(2)24(4)14-28/h9-13,16-20H,14-15H2,1-8H3;9-14,17-20H,15-16H2,1-8H3. The Balaban J connectivity index is 0.000000214. The average molecular weight is 973 g/mol.